The van der Waals surface area contributed by atoms with Gasteiger partial charge < -0.3 is 11.5 Å². The van der Waals surface area contributed by atoms with Crippen LogP contribution in [0.5, 0.6) is 0 Å². The van der Waals surface area contributed by atoms with Crippen molar-refractivity contribution in [1.82, 2.24) is 5.01 Å². The maximum Gasteiger partial charge on any atom is 0.209 e. The summed E-state index contributed by atoms with van der Waals surface area (Å²) in [6.07, 6.45) is 0.772. The molecule has 0 saturated carbocycles. The van der Waals surface area contributed by atoms with Crippen molar-refractivity contribution in [1.29, 1.82) is 5.41 Å². The van der Waals surface area contributed by atoms with Crippen LogP contribution in [0.1, 0.15) is 12.0 Å². The third kappa shape index (κ3) is 1.76. The van der Waals surface area contributed by atoms with Gasteiger partial charge in [-0.15, -0.1) is 0 Å². The molecule has 0 unspecified atom stereocenters. The van der Waals surface area contributed by atoms with Gasteiger partial charge in [0.2, 0.25) is 5.96 Å². The number of guanidine groups is 1. The highest BCUT2D eigenvalue weighted by Crippen LogP contribution is 2.18. The molecule has 15 heavy (non-hydrogen) atoms. The monoisotopic (exact) mass is 203 g/mol. The second-order valence-corrected chi connectivity index (χ2v) is 3.39. The predicted octanol–water partition coefficient (Wildman–Crippen LogP) is 0.572. The van der Waals surface area contributed by atoms with Crippen LogP contribution < -0.4 is 11.5 Å². The van der Waals surface area contributed by atoms with E-state index >= 15 is 0 Å². The second kappa shape index (κ2) is 3.61. The minimum atomic E-state index is -0.0282. The van der Waals surface area contributed by atoms with E-state index in [1.807, 2.05) is 24.3 Å². The molecule has 5 heteroatoms. The Kier molecular flexibility index (Phi) is 2.29. The molecule has 1 aliphatic heterocycles. The van der Waals surface area contributed by atoms with E-state index in [9.17, 15) is 0 Å². The third-order valence-electron chi connectivity index (χ3n) is 2.35. The lowest BCUT2D eigenvalue weighted by molar-refractivity contribution is 0.482. The Morgan fingerprint density at radius 2 is 2.13 bits per heavy atom. The molecular formula is C10H13N5. The van der Waals surface area contributed by atoms with E-state index in [0.717, 1.165) is 17.7 Å². The van der Waals surface area contributed by atoms with Crippen LogP contribution in [-0.2, 0) is 0 Å². The van der Waals surface area contributed by atoms with Crippen molar-refractivity contribution in [2.45, 2.75) is 6.42 Å². The molecule has 0 spiro atoms. The highest BCUT2D eigenvalue weighted by atomic mass is 15.5. The van der Waals surface area contributed by atoms with Crippen LogP contribution in [0.4, 0.5) is 5.69 Å². The molecule has 0 saturated heterocycles. The van der Waals surface area contributed by atoms with Gasteiger partial charge in [-0.2, -0.15) is 5.10 Å². The zero-order valence-corrected chi connectivity index (χ0v) is 8.27. The average molecular weight is 203 g/mol. The molecule has 0 amide bonds. The lowest BCUT2D eigenvalue weighted by Gasteiger charge is -2.08. The first-order chi connectivity index (χ1) is 7.18. The molecule has 0 fully saturated rings. The van der Waals surface area contributed by atoms with Crippen LogP contribution in [0.15, 0.2) is 29.4 Å². The number of nitrogens with two attached hydrogens (primary N) is 2. The van der Waals surface area contributed by atoms with Crippen LogP contribution >= 0.6 is 0 Å². The fraction of sp³-hybridized carbons (Fsp3) is 0.200. The Labute approximate surface area is 87.9 Å². The summed E-state index contributed by atoms with van der Waals surface area (Å²) in [7, 11) is 0. The number of rotatable bonds is 1. The standard InChI is InChI=1S/C10H13N5/c11-8-4-2-1-3-7(8)9-5-6-15(14-9)10(12)13/h1-4H,5-6,11H2,(H3,12,13). The number of nitrogen functional groups attached to an aromatic ring is 1. The number of nitrogens with one attached hydrogen (secondary N) is 1. The van der Waals surface area contributed by atoms with Crippen molar-refractivity contribution in [3.8, 4) is 0 Å². The number of para-hydroxylation sites is 1. The molecule has 0 radical (unpaired) electrons. The van der Waals surface area contributed by atoms with Crippen molar-refractivity contribution in [2.24, 2.45) is 10.8 Å². The van der Waals surface area contributed by atoms with Crippen molar-refractivity contribution < 1.29 is 0 Å². The van der Waals surface area contributed by atoms with Crippen molar-refractivity contribution >= 4 is 17.4 Å². The zero-order chi connectivity index (χ0) is 10.8. The van der Waals surface area contributed by atoms with Gasteiger partial charge in [0.15, 0.2) is 0 Å². The van der Waals surface area contributed by atoms with E-state index < -0.39 is 0 Å². The first-order valence-electron chi connectivity index (χ1n) is 4.72. The van der Waals surface area contributed by atoms with Gasteiger partial charge in [0.25, 0.3) is 0 Å². The van der Waals surface area contributed by atoms with E-state index in [1.54, 1.807) is 0 Å². The molecule has 2 rings (SSSR count). The number of hydrazone groups is 1. The van der Waals surface area contributed by atoms with Gasteiger partial charge in [0.1, 0.15) is 0 Å². The fourth-order valence-electron chi connectivity index (χ4n) is 1.58. The molecular weight excluding hydrogens is 190 g/mol. The summed E-state index contributed by atoms with van der Waals surface area (Å²) in [5.41, 5.74) is 13.7. The molecule has 1 aliphatic rings. The number of hydrogen-bond acceptors (Lipinski definition) is 3. The molecule has 5 N–H and O–H groups in total. The highest BCUT2D eigenvalue weighted by Gasteiger charge is 2.18. The minimum absolute atomic E-state index is 0.0282. The van der Waals surface area contributed by atoms with Crippen LogP contribution in [0.2, 0.25) is 0 Å². The molecule has 1 aromatic rings. The Hall–Kier alpha value is -2.04. The molecule has 5 nitrogen and oxygen atoms in total. The Morgan fingerprint density at radius 3 is 2.73 bits per heavy atom. The summed E-state index contributed by atoms with van der Waals surface area (Å²) in [5.74, 6) is -0.0282. The maximum absolute atomic E-state index is 7.26. The molecule has 1 heterocycles. The zero-order valence-electron chi connectivity index (χ0n) is 8.27. The van der Waals surface area contributed by atoms with Crippen LogP contribution in [0, 0.1) is 5.41 Å². The maximum atomic E-state index is 7.26. The second-order valence-electron chi connectivity index (χ2n) is 3.39. The normalized spacial score (nSPS) is 15.2. The summed E-state index contributed by atoms with van der Waals surface area (Å²) in [6, 6.07) is 7.58. The third-order valence-corrected chi connectivity index (χ3v) is 2.35. The fourth-order valence-corrected chi connectivity index (χ4v) is 1.58. The van der Waals surface area contributed by atoms with Crippen molar-refractivity contribution in [2.75, 3.05) is 12.3 Å². The number of nitrogens with zero attached hydrogens (tertiary/aromatic N) is 2. The van der Waals surface area contributed by atoms with Gasteiger partial charge in [-0.25, -0.2) is 5.01 Å². The first-order valence-corrected chi connectivity index (χ1v) is 4.72. The molecule has 0 atom stereocenters. The summed E-state index contributed by atoms with van der Waals surface area (Å²) < 4.78 is 0. The van der Waals surface area contributed by atoms with Gasteiger partial charge in [0, 0.05) is 17.7 Å². The topological polar surface area (TPSA) is 91.5 Å². The van der Waals surface area contributed by atoms with Gasteiger partial charge in [-0.3, -0.25) is 5.41 Å². The highest BCUT2D eigenvalue weighted by molar-refractivity contribution is 6.06. The average Bonchev–Trinajstić information content (AvgIpc) is 2.67. The lowest BCUT2D eigenvalue weighted by atomic mass is 10.1. The smallest absolute Gasteiger partial charge is 0.209 e. The summed E-state index contributed by atoms with van der Waals surface area (Å²) in [4.78, 5) is 0. The van der Waals surface area contributed by atoms with E-state index in [0.29, 0.717) is 12.2 Å². The summed E-state index contributed by atoms with van der Waals surface area (Å²) in [5, 5.41) is 13.0. The van der Waals surface area contributed by atoms with Crippen molar-refractivity contribution in [3.63, 3.8) is 0 Å². The summed E-state index contributed by atoms with van der Waals surface area (Å²) >= 11 is 0. The van der Waals surface area contributed by atoms with E-state index in [-0.39, 0.29) is 5.96 Å². The van der Waals surface area contributed by atoms with Gasteiger partial charge in [0.05, 0.1) is 12.3 Å². The Balaban J connectivity index is 2.30. The number of benzene rings is 1. The van der Waals surface area contributed by atoms with E-state index in [4.69, 9.17) is 16.9 Å². The molecule has 0 aromatic heterocycles. The van der Waals surface area contributed by atoms with Gasteiger partial charge >= 0.3 is 0 Å². The first kappa shape index (κ1) is 9.51. The Morgan fingerprint density at radius 1 is 1.40 bits per heavy atom. The van der Waals surface area contributed by atoms with E-state index in [2.05, 4.69) is 5.10 Å². The summed E-state index contributed by atoms with van der Waals surface area (Å²) in [6.45, 7) is 0.652. The van der Waals surface area contributed by atoms with Crippen LogP contribution in [0.25, 0.3) is 0 Å². The van der Waals surface area contributed by atoms with Crippen LogP contribution in [-0.4, -0.2) is 23.2 Å². The molecule has 1 aromatic carbocycles. The largest absolute Gasteiger partial charge is 0.398 e. The van der Waals surface area contributed by atoms with E-state index in [1.165, 1.54) is 5.01 Å². The van der Waals surface area contributed by atoms with Gasteiger partial charge in [-0.1, -0.05) is 18.2 Å². The lowest BCUT2D eigenvalue weighted by Crippen LogP contribution is -2.29. The molecule has 78 valence electrons. The minimum Gasteiger partial charge on any atom is -0.398 e. The quantitative estimate of drug-likeness (QED) is 0.354. The van der Waals surface area contributed by atoms with Crippen molar-refractivity contribution in [3.05, 3.63) is 29.8 Å². The number of hydrogen-bond donors (Lipinski definition) is 3. The molecule has 0 aliphatic carbocycles. The predicted molar refractivity (Wildman–Crippen MR) is 60.6 cm³/mol. The molecule has 0 bridgehead atoms. The van der Waals surface area contributed by atoms with Gasteiger partial charge in [-0.05, 0) is 6.07 Å². The SMILES string of the molecule is N=C(N)N1CCC(c2ccccc2N)=N1. The Bertz CT molecular complexity index is 424. The number of anilines is 1. The van der Waals surface area contributed by atoms with Crippen LogP contribution in [0.3, 0.4) is 0 Å².